The van der Waals surface area contributed by atoms with Crippen LogP contribution in [-0.4, -0.2) is 59.9 Å². The first-order valence-electron chi connectivity index (χ1n) is 22.0. The van der Waals surface area contributed by atoms with Gasteiger partial charge in [0.2, 0.25) is 0 Å². The third-order valence-electron chi connectivity index (χ3n) is 8.94. The monoisotopic (exact) mass is 836 g/mol. The van der Waals surface area contributed by atoms with Gasteiger partial charge in [-0.15, -0.1) is 0 Å². The van der Waals surface area contributed by atoms with Gasteiger partial charge in [-0.2, -0.15) is 0 Å². The average Bonchev–Trinajstić information content (AvgIpc) is 3.20. The highest BCUT2D eigenvalue weighted by Crippen LogP contribution is 2.43. The lowest BCUT2D eigenvalue weighted by molar-refractivity contribution is -0.161. The number of aliphatic carboxylic acids is 1. The van der Waals surface area contributed by atoms with Crippen molar-refractivity contribution in [3.63, 3.8) is 0 Å². The summed E-state index contributed by atoms with van der Waals surface area (Å²) in [5.41, 5.74) is 5.33. The largest absolute Gasteiger partial charge is 0.480 e. The molecule has 0 amide bonds. The molecule has 0 aliphatic carbocycles. The van der Waals surface area contributed by atoms with Gasteiger partial charge < -0.3 is 25.2 Å². The van der Waals surface area contributed by atoms with Crippen LogP contribution in [0.25, 0.3) is 0 Å². The molecule has 4 N–H and O–H groups in total. The average molecular weight is 836 g/mol. The van der Waals surface area contributed by atoms with Crippen LogP contribution in [0.5, 0.6) is 0 Å². The molecule has 12 heteroatoms. The van der Waals surface area contributed by atoms with Gasteiger partial charge >= 0.3 is 25.7 Å². The maximum Gasteiger partial charge on any atom is 0.472 e. The molecule has 0 saturated carbocycles. The molecule has 0 aromatic rings. The SMILES string of the molecule is CC/C=C\C/C=C\C/C=C\CCCCCCCC(=O)OCC(COP(=O)(O)OCC(N)C(=O)O)OC(=O)CCCCCCCC/C=C\C/C=C\C/C=C\CCCCC. The normalized spacial score (nSPS) is 14.4. The van der Waals surface area contributed by atoms with Crippen LogP contribution < -0.4 is 5.73 Å². The van der Waals surface area contributed by atoms with Gasteiger partial charge in [0.05, 0.1) is 13.2 Å². The van der Waals surface area contributed by atoms with Gasteiger partial charge in [0.1, 0.15) is 12.6 Å². The van der Waals surface area contributed by atoms with E-state index in [0.717, 1.165) is 103 Å². The molecule has 0 rings (SSSR count). The Morgan fingerprint density at radius 2 is 0.966 bits per heavy atom. The molecule has 332 valence electrons. The van der Waals surface area contributed by atoms with Crippen LogP contribution in [0.2, 0.25) is 0 Å². The Bertz CT molecular complexity index is 1260. The molecule has 58 heavy (non-hydrogen) atoms. The van der Waals surface area contributed by atoms with Crippen LogP contribution >= 0.6 is 7.82 Å². The fourth-order valence-corrected chi connectivity index (χ4v) is 6.27. The molecule has 3 atom stereocenters. The van der Waals surface area contributed by atoms with E-state index in [9.17, 15) is 23.8 Å². The summed E-state index contributed by atoms with van der Waals surface area (Å²) in [5.74, 6) is -2.43. The first kappa shape index (κ1) is 54.9. The van der Waals surface area contributed by atoms with E-state index in [1.54, 1.807) is 0 Å². The second-order valence-electron chi connectivity index (χ2n) is 14.4. The minimum atomic E-state index is -4.73. The molecule has 0 fully saturated rings. The second-order valence-corrected chi connectivity index (χ2v) is 15.9. The third-order valence-corrected chi connectivity index (χ3v) is 9.89. The van der Waals surface area contributed by atoms with E-state index in [1.165, 1.54) is 25.7 Å². The molecule has 0 radical (unpaired) electrons. The summed E-state index contributed by atoms with van der Waals surface area (Å²) in [5, 5.41) is 8.89. The second kappa shape index (κ2) is 40.7. The highest BCUT2D eigenvalue weighted by atomic mass is 31.2. The van der Waals surface area contributed by atoms with Crippen molar-refractivity contribution in [3.8, 4) is 0 Å². The summed E-state index contributed by atoms with van der Waals surface area (Å²) >= 11 is 0. The molecule has 0 aromatic heterocycles. The maximum absolute atomic E-state index is 12.6. The van der Waals surface area contributed by atoms with Crippen LogP contribution in [0.3, 0.4) is 0 Å². The summed E-state index contributed by atoms with van der Waals surface area (Å²) in [6, 6.07) is -1.53. The fraction of sp³-hybridized carbons (Fsp3) is 0.674. The van der Waals surface area contributed by atoms with E-state index in [0.29, 0.717) is 12.8 Å². The third kappa shape index (κ3) is 39.7. The van der Waals surface area contributed by atoms with E-state index in [4.69, 9.17) is 24.8 Å². The summed E-state index contributed by atoms with van der Waals surface area (Å²) in [6.07, 6.45) is 48.2. The van der Waals surface area contributed by atoms with Gasteiger partial charge in [-0.3, -0.25) is 23.4 Å². The number of phosphoric acid groups is 1. The van der Waals surface area contributed by atoms with Gasteiger partial charge in [0, 0.05) is 12.8 Å². The number of carboxylic acids is 1. The first-order chi connectivity index (χ1) is 28.1. The zero-order chi connectivity index (χ0) is 42.8. The smallest absolute Gasteiger partial charge is 0.472 e. The Labute approximate surface area is 350 Å². The van der Waals surface area contributed by atoms with Crippen molar-refractivity contribution in [2.24, 2.45) is 5.73 Å². The van der Waals surface area contributed by atoms with E-state index in [-0.39, 0.29) is 19.4 Å². The zero-order valence-electron chi connectivity index (χ0n) is 35.9. The number of carboxylic acid groups (broad SMARTS) is 1. The lowest BCUT2D eigenvalue weighted by Crippen LogP contribution is -2.34. The Balaban J connectivity index is 4.42. The molecule has 0 aliphatic heterocycles. The van der Waals surface area contributed by atoms with Crippen molar-refractivity contribution in [3.05, 3.63) is 72.9 Å². The number of nitrogens with two attached hydrogens (primary N) is 1. The Morgan fingerprint density at radius 1 is 0.552 bits per heavy atom. The zero-order valence-corrected chi connectivity index (χ0v) is 36.8. The number of esters is 2. The standard InChI is InChI=1S/C46H78NO10P/c1-3-5-7-9-11-13-15-17-19-20-21-22-24-26-28-30-32-34-36-38-45(49)57-42(40-55-58(52,53)56-41-43(47)46(50)51)39-54-44(48)37-35-33-31-29-27-25-23-18-16-14-12-10-8-6-4-2/h6,8,11-14,17-19,21-23,42-43H,3-5,7,9-10,15-16,20,24-41,47H2,1-2H3,(H,50,51)(H,52,53)/b8-6-,13-11-,14-12-,19-17-,22-21-,23-18-. The molecule has 0 aliphatic rings. The van der Waals surface area contributed by atoms with Crippen LogP contribution in [0.1, 0.15) is 168 Å². The van der Waals surface area contributed by atoms with Crippen molar-refractivity contribution in [2.75, 3.05) is 19.8 Å². The number of hydrogen-bond donors (Lipinski definition) is 3. The molecule has 3 unspecified atom stereocenters. The van der Waals surface area contributed by atoms with E-state index in [1.807, 2.05) is 0 Å². The van der Waals surface area contributed by atoms with Crippen LogP contribution in [0.15, 0.2) is 72.9 Å². The number of allylic oxidation sites excluding steroid dienone is 12. The Kier molecular flexibility index (Phi) is 38.5. The predicted octanol–water partition coefficient (Wildman–Crippen LogP) is 11.7. The first-order valence-corrected chi connectivity index (χ1v) is 23.5. The van der Waals surface area contributed by atoms with Crippen molar-refractivity contribution < 1.29 is 47.5 Å². The van der Waals surface area contributed by atoms with Crippen LogP contribution in [-0.2, 0) is 37.5 Å². The summed E-state index contributed by atoms with van der Waals surface area (Å²) in [4.78, 5) is 46.0. The number of rotatable bonds is 40. The van der Waals surface area contributed by atoms with E-state index in [2.05, 4.69) is 91.3 Å². The van der Waals surface area contributed by atoms with E-state index < -0.39 is 51.1 Å². The molecule has 0 heterocycles. The van der Waals surface area contributed by atoms with Gasteiger partial charge in [-0.1, -0.05) is 145 Å². The van der Waals surface area contributed by atoms with E-state index >= 15 is 0 Å². The highest BCUT2D eigenvalue weighted by molar-refractivity contribution is 7.47. The molecule has 0 saturated heterocycles. The number of hydrogen-bond acceptors (Lipinski definition) is 9. The van der Waals surface area contributed by atoms with Crippen molar-refractivity contribution in [2.45, 2.75) is 180 Å². The number of unbranched alkanes of at least 4 members (excludes halogenated alkanes) is 14. The van der Waals surface area contributed by atoms with Crippen LogP contribution in [0, 0.1) is 0 Å². The molecule has 0 bridgehead atoms. The lowest BCUT2D eigenvalue weighted by atomic mass is 10.1. The summed E-state index contributed by atoms with van der Waals surface area (Å²) in [6.45, 7) is 2.62. The van der Waals surface area contributed by atoms with Crippen LogP contribution in [0.4, 0.5) is 0 Å². The predicted molar refractivity (Wildman–Crippen MR) is 235 cm³/mol. The molecule has 0 spiro atoms. The van der Waals surface area contributed by atoms with Crippen molar-refractivity contribution in [1.82, 2.24) is 0 Å². The van der Waals surface area contributed by atoms with Gasteiger partial charge in [0.25, 0.3) is 0 Å². The molecule has 11 nitrogen and oxygen atoms in total. The lowest BCUT2D eigenvalue weighted by Gasteiger charge is -2.20. The Morgan fingerprint density at radius 3 is 1.45 bits per heavy atom. The minimum absolute atomic E-state index is 0.139. The van der Waals surface area contributed by atoms with Crippen molar-refractivity contribution >= 4 is 25.7 Å². The molecular weight excluding hydrogens is 757 g/mol. The highest BCUT2D eigenvalue weighted by Gasteiger charge is 2.28. The van der Waals surface area contributed by atoms with Gasteiger partial charge in [-0.05, 0) is 83.5 Å². The number of phosphoric ester groups is 1. The number of ether oxygens (including phenoxy) is 2. The van der Waals surface area contributed by atoms with Crippen molar-refractivity contribution in [1.29, 1.82) is 0 Å². The summed E-state index contributed by atoms with van der Waals surface area (Å²) in [7, 11) is -4.73. The van der Waals surface area contributed by atoms with Gasteiger partial charge in [-0.25, -0.2) is 4.57 Å². The minimum Gasteiger partial charge on any atom is -0.480 e. The quantitative estimate of drug-likeness (QED) is 0.0232. The molecule has 0 aromatic carbocycles. The van der Waals surface area contributed by atoms with Gasteiger partial charge in [0.15, 0.2) is 6.10 Å². The number of carbonyl (C=O) groups is 3. The maximum atomic E-state index is 12.6. The Hall–Kier alpha value is -3.08. The topological polar surface area (TPSA) is 172 Å². The fourth-order valence-electron chi connectivity index (χ4n) is 5.50. The summed E-state index contributed by atoms with van der Waals surface area (Å²) < 4.78 is 32.7. The number of carbonyl (C=O) groups excluding carboxylic acids is 2. The molecular formula is C46H78NO10P.